The molecule has 0 saturated carbocycles. The van der Waals surface area contributed by atoms with E-state index in [0.717, 1.165) is 38.5 Å². The second-order valence-corrected chi connectivity index (χ2v) is 17.9. The number of rotatable bonds is 39. The molecule has 0 aromatic heterocycles. The zero-order chi connectivity index (χ0) is 42.0. The van der Waals surface area contributed by atoms with E-state index in [1.54, 1.807) is 0 Å². The van der Waals surface area contributed by atoms with Crippen LogP contribution < -0.4 is 0 Å². The van der Waals surface area contributed by atoms with Crippen molar-refractivity contribution in [2.75, 3.05) is 19.0 Å². The molecule has 0 radical (unpaired) electrons. The molecule has 12 nitrogen and oxygen atoms in total. The molecule has 6 atom stereocenters. The summed E-state index contributed by atoms with van der Waals surface area (Å²) in [6.45, 7) is 3.78. The molecule has 1 heterocycles. The lowest BCUT2D eigenvalue weighted by Crippen LogP contribution is -2.60. The second-order valence-electron chi connectivity index (χ2n) is 16.4. The van der Waals surface area contributed by atoms with E-state index in [4.69, 9.17) is 18.9 Å². The maximum atomic E-state index is 12.8. The maximum absolute atomic E-state index is 12.8. The second kappa shape index (κ2) is 35.4. The fraction of sp³-hybridized carbons (Fsp3) is 0.955. The van der Waals surface area contributed by atoms with E-state index in [-0.39, 0.29) is 19.4 Å². The molecule has 4 N–H and O–H groups in total. The number of hydrogen-bond donors (Lipinski definition) is 4. The van der Waals surface area contributed by atoms with E-state index in [1.165, 1.54) is 135 Å². The van der Waals surface area contributed by atoms with Crippen LogP contribution in [0, 0.1) is 0 Å². The van der Waals surface area contributed by atoms with Gasteiger partial charge in [0.25, 0.3) is 10.1 Å². The Morgan fingerprint density at radius 1 is 0.526 bits per heavy atom. The standard InChI is InChI=1S/C44H84O12S/c1-3-5-7-9-11-13-15-17-18-19-21-23-25-27-29-31-33-40(46)55-37(35-54-44-43(49)42(48)41(47)38(56-44)36-57(50,51)52)34-53-39(45)32-30-28-26-24-22-20-16-14-12-10-8-6-4-2/h37-38,41-44,47-49H,3-36H2,1-2H3,(H,50,51,52)/t37-,38-,41-,42?,43?,44+/m1/s1. The van der Waals surface area contributed by atoms with Crippen LogP contribution in [0.5, 0.6) is 0 Å². The zero-order valence-corrected chi connectivity index (χ0v) is 36.8. The smallest absolute Gasteiger partial charge is 0.306 e. The Bertz CT molecular complexity index is 1070. The third-order valence-electron chi connectivity index (χ3n) is 10.9. The first-order chi connectivity index (χ1) is 27.5. The summed E-state index contributed by atoms with van der Waals surface area (Å²) >= 11 is 0. The van der Waals surface area contributed by atoms with Crippen molar-refractivity contribution in [2.24, 2.45) is 0 Å². The minimum atomic E-state index is -4.60. The normalized spacial score (nSPS) is 20.4. The van der Waals surface area contributed by atoms with Crippen LogP contribution in [-0.4, -0.2) is 96.0 Å². The van der Waals surface area contributed by atoms with Crippen molar-refractivity contribution in [3.05, 3.63) is 0 Å². The van der Waals surface area contributed by atoms with E-state index >= 15 is 0 Å². The lowest BCUT2D eigenvalue weighted by atomic mass is 10.00. The summed E-state index contributed by atoms with van der Waals surface area (Å²) in [4.78, 5) is 25.4. The molecular weight excluding hydrogens is 753 g/mol. The van der Waals surface area contributed by atoms with Crippen LogP contribution >= 0.6 is 0 Å². The summed E-state index contributed by atoms with van der Waals surface area (Å²) in [6, 6.07) is 0. The van der Waals surface area contributed by atoms with E-state index in [0.29, 0.717) is 12.8 Å². The summed E-state index contributed by atoms with van der Waals surface area (Å²) < 4.78 is 54.1. The molecule has 13 heteroatoms. The molecule has 1 fully saturated rings. The monoisotopic (exact) mass is 837 g/mol. The molecule has 1 rings (SSSR count). The molecule has 1 aliphatic rings. The van der Waals surface area contributed by atoms with Crippen LogP contribution in [0.25, 0.3) is 0 Å². The highest BCUT2D eigenvalue weighted by Gasteiger charge is 2.46. The Morgan fingerprint density at radius 2 is 0.895 bits per heavy atom. The molecule has 0 amide bonds. The molecule has 0 spiro atoms. The minimum Gasteiger partial charge on any atom is -0.462 e. The molecule has 338 valence electrons. The maximum Gasteiger partial charge on any atom is 0.306 e. The molecule has 1 aliphatic heterocycles. The van der Waals surface area contributed by atoms with Crippen molar-refractivity contribution in [2.45, 2.75) is 250 Å². The van der Waals surface area contributed by atoms with Gasteiger partial charge in [-0.15, -0.1) is 0 Å². The van der Waals surface area contributed by atoms with E-state index in [1.807, 2.05) is 0 Å². The minimum absolute atomic E-state index is 0.172. The fourth-order valence-corrected chi connectivity index (χ4v) is 8.02. The first-order valence-corrected chi connectivity index (χ1v) is 24.7. The van der Waals surface area contributed by atoms with Crippen LogP contribution in [0.4, 0.5) is 0 Å². The number of aliphatic hydroxyl groups is 3. The number of esters is 2. The highest BCUT2D eigenvalue weighted by atomic mass is 32.2. The van der Waals surface area contributed by atoms with Crippen LogP contribution in [0.1, 0.15) is 213 Å². The Kier molecular flexibility index (Phi) is 33.3. The molecular formula is C44H84O12S. The van der Waals surface area contributed by atoms with Gasteiger partial charge in [-0.05, 0) is 12.8 Å². The van der Waals surface area contributed by atoms with Crippen molar-refractivity contribution in [1.82, 2.24) is 0 Å². The van der Waals surface area contributed by atoms with E-state index < -0.39 is 71.2 Å². The largest absolute Gasteiger partial charge is 0.462 e. The summed E-state index contributed by atoms with van der Waals surface area (Å²) in [5.41, 5.74) is 0. The lowest BCUT2D eigenvalue weighted by Gasteiger charge is -2.40. The first-order valence-electron chi connectivity index (χ1n) is 23.1. The highest BCUT2D eigenvalue weighted by molar-refractivity contribution is 7.85. The van der Waals surface area contributed by atoms with Gasteiger partial charge in [0.2, 0.25) is 0 Å². The fourth-order valence-electron chi connectivity index (χ4n) is 7.33. The summed E-state index contributed by atoms with van der Waals surface area (Å²) in [5.74, 6) is -1.96. The van der Waals surface area contributed by atoms with Gasteiger partial charge in [0.05, 0.1) is 6.61 Å². The predicted octanol–water partition coefficient (Wildman–Crippen LogP) is 9.29. The summed E-state index contributed by atoms with van der Waals surface area (Å²) in [5, 5.41) is 30.9. The van der Waals surface area contributed by atoms with Crippen LogP contribution in [0.15, 0.2) is 0 Å². The number of carbonyl (C=O) groups excluding carboxylic acids is 2. The quantitative estimate of drug-likeness (QED) is 0.0262. The Morgan fingerprint density at radius 3 is 1.28 bits per heavy atom. The lowest BCUT2D eigenvalue weighted by molar-refractivity contribution is -0.297. The van der Waals surface area contributed by atoms with Crippen LogP contribution in [0.3, 0.4) is 0 Å². The number of ether oxygens (including phenoxy) is 4. The van der Waals surface area contributed by atoms with Gasteiger partial charge >= 0.3 is 11.9 Å². The van der Waals surface area contributed by atoms with Crippen LogP contribution in [0.2, 0.25) is 0 Å². The van der Waals surface area contributed by atoms with Gasteiger partial charge in [0, 0.05) is 12.8 Å². The SMILES string of the molecule is CCCCCCCCCCCCCCCCCCC(=O)O[C@H](COC(=O)CCCCCCCCCCCCCCC)CO[C@H]1O[C@H](CS(=O)(=O)O)[C@@H](O)C(O)C1O. The average Bonchev–Trinajstić information content (AvgIpc) is 3.17. The summed E-state index contributed by atoms with van der Waals surface area (Å²) in [7, 11) is -4.60. The number of unbranched alkanes of at least 4 members (excludes halogenated alkanes) is 27. The average molecular weight is 837 g/mol. The molecule has 57 heavy (non-hydrogen) atoms. The van der Waals surface area contributed by atoms with Crippen molar-refractivity contribution < 1.29 is 56.8 Å². The van der Waals surface area contributed by atoms with Gasteiger partial charge in [0.15, 0.2) is 12.4 Å². The Hall–Kier alpha value is -1.35. The molecule has 2 unspecified atom stereocenters. The Labute approximate surface area is 346 Å². The molecule has 0 bridgehead atoms. The number of aliphatic hydroxyl groups excluding tert-OH is 3. The van der Waals surface area contributed by atoms with Gasteiger partial charge in [-0.1, -0.05) is 187 Å². The highest BCUT2D eigenvalue weighted by Crippen LogP contribution is 2.24. The van der Waals surface area contributed by atoms with Gasteiger partial charge < -0.3 is 34.3 Å². The van der Waals surface area contributed by atoms with E-state index in [2.05, 4.69) is 13.8 Å². The first kappa shape index (κ1) is 53.7. The predicted molar refractivity (Wildman–Crippen MR) is 224 cm³/mol. The van der Waals surface area contributed by atoms with E-state index in [9.17, 15) is 37.9 Å². The third-order valence-corrected chi connectivity index (χ3v) is 11.7. The van der Waals surface area contributed by atoms with Crippen molar-refractivity contribution in [1.29, 1.82) is 0 Å². The summed E-state index contributed by atoms with van der Waals surface area (Å²) in [6.07, 6.45) is 25.7. The topological polar surface area (TPSA) is 186 Å². The van der Waals surface area contributed by atoms with Gasteiger partial charge in [-0.3, -0.25) is 14.1 Å². The van der Waals surface area contributed by atoms with Crippen LogP contribution in [-0.2, 0) is 38.7 Å². The zero-order valence-electron chi connectivity index (χ0n) is 36.0. The molecule has 0 aromatic rings. The molecule has 0 aromatic carbocycles. The Balaban J connectivity index is 2.42. The van der Waals surface area contributed by atoms with Crippen molar-refractivity contribution in [3.8, 4) is 0 Å². The number of hydrogen-bond acceptors (Lipinski definition) is 11. The third kappa shape index (κ3) is 30.4. The van der Waals surface area contributed by atoms with Gasteiger partial charge in [0.1, 0.15) is 36.8 Å². The number of carbonyl (C=O) groups is 2. The molecule has 0 aliphatic carbocycles. The van der Waals surface area contributed by atoms with Gasteiger partial charge in [-0.25, -0.2) is 0 Å². The van der Waals surface area contributed by atoms with Gasteiger partial charge in [-0.2, -0.15) is 8.42 Å². The molecule has 1 saturated heterocycles. The van der Waals surface area contributed by atoms with Crippen molar-refractivity contribution >= 4 is 22.1 Å². The van der Waals surface area contributed by atoms with Crippen molar-refractivity contribution in [3.63, 3.8) is 0 Å².